The average molecular weight is 352 g/mol. The van der Waals surface area contributed by atoms with Gasteiger partial charge in [0.25, 0.3) is 0 Å². The number of benzene rings is 1. The topological polar surface area (TPSA) is 30.2 Å². The third-order valence-electron chi connectivity index (χ3n) is 6.36. The lowest BCUT2D eigenvalue weighted by atomic mass is 9.91. The zero-order chi connectivity index (χ0) is 17.7. The number of carbonyl (C=O) groups excluding carboxylic acids is 1. The normalized spacial score (nSPS) is 29.3. The largest absolute Gasteiger partial charge is 0.469 e. The first kappa shape index (κ1) is 16.7. The molecule has 2 nitrogen and oxygen atoms in total. The summed E-state index contributed by atoms with van der Waals surface area (Å²) < 4.78 is 5.88. The SMILES string of the molecule is CC1(C)C(C=C2CCSC2=O)C1(C)c1coc(Cc2ccccc2)c1. The minimum atomic E-state index is 0.0337. The minimum Gasteiger partial charge on any atom is -0.469 e. The van der Waals surface area contributed by atoms with E-state index in [1.54, 1.807) is 0 Å². The first-order valence-electron chi connectivity index (χ1n) is 8.92. The Morgan fingerprint density at radius 3 is 2.68 bits per heavy atom. The van der Waals surface area contributed by atoms with Crippen molar-refractivity contribution in [3.63, 3.8) is 0 Å². The molecule has 25 heavy (non-hydrogen) atoms. The molecule has 0 N–H and O–H groups in total. The van der Waals surface area contributed by atoms with E-state index in [1.807, 2.05) is 12.3 Å². The quantitative estimate of drug-likeness (QED) is 0.693. The number of hydrogen-bond acceptors (Lipinski definition) is 3. The summed E-state index contributed by atoms with van der Waals surface area (Å²) >= 11 is 1.45. The first-order chi connectivity index (χ1) is 11.9. The first-order valence-corrected chi connectivity index (χ1v) is 9.91. The van der Waals surface area contributed by atoms with Crippen molar-refractivity contribution in [2.24, 2.45) is 11.3 Å². The van der Waals surface area contributed by atoms with Crippen LogP contribution in [0.5, 0.6) is 0 Å². The Morgan fingerprint density at radius 2 is 2.00 bits per heavy atom. The average Bonchev–Trinajstić information content (AvgIpc) is 3.05. The van der Waals surface area contributed by atoms with Crippen LogP contribution in [-0.2, 0) is 16.6 Å². The summed E-state index contributed by atoms with van der Waals surface area (Å²) in [6, 6.07) is 12.6. The van der Waals surface area contributed by atoms with Crippen LogP contribution < -0.4 is 0 Å². The highest BCUT2D eigenvalue weighted by atomic mass is 32.2. The second-order valence-electron chi connectivity index (χ2n) is 7.94. The van der Waals surface area contributed by atoms with Crippen molar-refractivity contribution < 1.29 is 9.21 Å². The lowest BCUT2D eigenvalue weighted by molar-refractivity contribution is -0.107. The number of allylic oxidation sites excluding steroid dienone is 1. The van der Waals surface area contributed by atoms with Gasteiger partial charge in [0.2, 0.25) is 5.12 Å². The van der Waals surface area contributed by atoms with Crippen molar-refractivity contribution in [2.75, 3.05) is 5.75 Å². The number of hydrogen-bond donors (Lipinski definition) is 0. The summed E-state index contributed by atoms with van der Waals surface area (Å²) in [4.78, 5) is 12.0. The molecule has 1 saturated carbocycles. The monoisotopic (exact) mass is 352 g/mol. The van der Waals surface area contributed by atoms with Crippen LogP contribution in [0.3, 0.4) is 0 Å². The Bertz CT molecular complexity index is 831. The van der Waals surface area contributed by atoms with Gasteiger partial charge in [0.1, 0.15) is 5.76 Å². The fourth-order valence-electron chi connectivity index (χ4n) is 4.30. The van der Waals surface area contributed by atoms with E-state index in [9.17, 15) is 4.79 Å². The molecule has 1 aliphatic heterocycles. The van der Waals surface area contributed by atoms with Gasteiger partial charge in [-0.25, -0.2) is 0 Å². The number of thioether (sulfide) groups is 1. The van der Waals surface area contributed by atoms with Crippen LogP contribution in [0.15, 0.2) is 58.7 Å². The van der Waals surface area contributed by atoms with Crippen molar-refractivity contribution in [3.05, 3.63) is 71.2 Å². The van der Waals surface area contributed by atoms with E-state index in [1.165, 1.54) is 22.9 Å². The smallest absolute Gasteiger partial charge is 0.215 e. The summed E-state index contributed by atoms with van der Waals surface area (Å²) in [5.74, 6) is 2.32. The van der Waals surface area contributed by atoms with Crippen LogP contribution >= 0.6 is 11.8 Å². The van der Waals surface area contributed by atoms with Crippen molar-refractivity contribution in [1.29, 1.82) is 0 Å². The molecule has 1 aliphatic carbocycles. The van der Waals surface area contributed by atoms with Crippen molar-refractivity contribution >= 4 is 16.9 Å². The fourth-order valence-corrected chi connectivity index (χ4v) is 5.16. The predicted octanol–water partition coefficient (Wildman–Crippen LogP) is 5.37. The van der Waals surface area contributed by atoms with E-state index in [4.69, 9.17) is 4.42 Å². The maximum atomic E-state index is 12.0. The van der Waals surface area contributed by atoms with Gasteiger partial charge in [0.05, 0.1) is 6.26 Å². The van der Waals surface area contributed by atoms with Crippen LogP contribution in [0.25, 0.3) is 0 Å². The Balaban J connectivity index is 1.58. The Hall–Kier alpha value is -1.74. The predicted molar refractivity (Wildman–Crippen MR) is 103 cm³/mol. The molecule has 130 valence electrons. The highest BCUT2D eigenvalue weighted by Crippen LogP contribution is 2.70. The number of furan rings is 1. The second-order valence-corrected chi connectivity index (χ2v) is 9.01. The highest BCUT2D eigenvalue weighted by molar-refractivity contribution is 8.14. The van der Waals surface area contributed by atoms with Crippen LogP contribution in [0.2, 0.25) is 0 Å². The van der Waals surface area contributed by atoms with E-state index in [-0.39, 0.29) is 15.9 Å². The maximum Gasteiger partial charge on any atom is 0.215 e. The third-order valence-corrected chi connectivity index (χ3v) is 7.30. The van der Waals surface area contributed by atoms with Gasteiger partial charge in [0.15, 0.2) is 0 Å². The minimum absolute atomic E-state index is 0.0337. The molecule has 0 amide bonds. The summed E-state index contributed by atoms with van der Waals surface area (Å²) in [7, 11) is 0. The molecule has 1 aromatic carbocycles. The van der Waals surface area contributed by atoms with Crippen molar-refractivity contribution in [1.82, 2.24) is 0 Å². The maximum absolute atomic E-state index is 12.0. The van der Waals surface area contributed by atoms with Crippen molar-refractivity contribution in [3.8, 4) is 0 Å². The van der Waals surface area contributed by atoms with Crippen LogP contribution in [0, 0.1) is 11.3 Å². The van der Waals surface area contributed by atoms with Gasteiger partial charge in [-0.2, -0.15) is 0 Å². The molecule has 2 fully saturated rings. The Labute approximate surface area is 153 Å². The van der Waals surface area contributed by atoms with Gasteiger partial charge in [-0.1, -0.05) is 68.9 Å². The Kier molecular flexibility index (Phi) is 3.95. The van der Waals surface area contributed by atoms with Crippen molar-refractivity contribution in [2.45, 2.75) is 39.0 Å². The molecule has 4 rings (SSSR count). The van der Waals surface area contributed by atoms with Crippen LogP contribution in [0.1, 0.15) is 44.1 Å². The summed E-state index contributed by atoms with van der Waals surface area (Å²) in [6.07, 6.45) is 5.89. The lowest BCUT2D eigenvalue weighted by Crippen LogP contribution is -2.08. The van der Waals surface area contributed by atoms with E-state index < -0.39 is 0 Å². The summed E-state index contributed by atoms with van der Waals surface area (Å²) in [5, 5.41) is 0.266. The van der Waals surface area contributed by atoms with Gasteiger partial charge in [-0.15, -0.1) is 0 Å². The molecule has 0 radical (unpaired) electrons. The molecule has 1 saturated heterocycles. The molecule has 2 atom stereocenters. The molecule has 0 spiro atoms. The Morgan fingerprint density at radius 1 is 1.24 bits per heavy atom. The molecular weight excluding hydrogens is 328 g/mol. The number of carbonyl (C=O) groups is 1. The zero-order valence-electron chi connectivity index (χ0n) is 15.0. The molecule has 2 aliphatic rings. The lowest BCUT2D eigenvalue weighted by Gasteiger charge is -2.11. The zero-order valence-corrected chi connectivity index (χ0v) is 15.9. The van der Waals surface area contributed by atoms with Gasteiger partial charge in [0, 0.05) is 23.2 Å². The summed E-state index contributed by atoms with van der Waals surface area (Å²) in [6.45, 7) is 6.90. The van der Waals surface area contributed by atoms with Gasteiger partial charge in [-0.05, 0) is 34.9 Å². The molecule has 3 heteroatoms. The van der Waals surface area contributed by atoms with E-state index in [0.29, 0.717) is 5.92 Å². The molecule has 2 heterocycles. The van der Waals surface area contributed by atoms with Crippen LogP contribution in [-0.4, -0.2) is 10.9 Å². The van der Waals surface area contributed by atoms with E-state index >= 15 is 0 Å². The van der Waals surface area contributed by atoms with Gasteiger partial charge >= 0.3 is 0 Å². The molecule has 0 bridgehead atoms. The highest BCUT2D eigenvalue weighted by Gasteiger charge is 2.68. The van der Waals surface area contributed by atoms with E-state index in [2.05, 4.69) is 57.2 Å². The molecule has 2 aromatic rings. The molecular formula is C22H24O2S. The van der Waals surface area contributed by atoms with Gasteiger partial charge in [-0.3, -0.25) is 4.79 Å². The standard InChI is InChI=1S/C22H24O2S/c1-21(2)19(12-16-9-10-25-20(16)23)22(21,3)17-13-18(24-14-17)11-15-7-5-4-6-8-15/h4-8,12-14,19H,9-11H2,1-3H3. The second kappa shape index (κ2) is 5.91. The number of rotatable bonds is 4. The summed E-state index contributed by atoms with van der Waals surface area (Å²) in [5.41, 5.74) is 3.70. The van der Waals surface area contributed by atoms with Crippen LogP contribution in [0.4, 0.5) is 0 Å². The third kappa shape index (κ3) is 2.69. The van der Waals surface area contributed by atoms with Gasteiger partial charge < -0.3 is 4.42 Å². The molecule has 1 aromatic heterocycles. The molecule has 2 unspecified atom stereocenters. The van der Waals surface area contributed by atoms with E-state index in [0.717, 1.165) is 29.9 Å². The fraction of sp³-hybridized carbons (Fsp3) is 0.409.